The van der Waals surface area contributed by atoms with E-state index in [-0.39, 0.29) is 12.1 Å². The Morgan fingerprint density at radius 1 is 1.40 bits per heavy atom. The first-order valence-corrected chi connectivity index (χ1v) is 6.23. The molecule has 106 valence electrons. The van der Waals surface area contributed by atoms with E-state index in [1.165, 1.54) is 9.13 Å². The average Bonchev–Trinajstić information content (AvgIpc) is 2.62. The Hall–Kier alpha value is -2.34. The predicted molar refractivity (Wildman–Crippen MR) is 74.9 cm³/mol. The Morgan fingerprint density at radius 3 is 2.60 bits per heavy atom. The van der Waals surface area contributed by atoms with Gasteiger partial charge in [-0.15, -0.1) is 0 Å². The summed E-state index contributed by atoms with van der Waals surface area (Å²) in [6.45, 7) is 1.82. The zero-order valence-electron chi connectivity index (χ0n) is 11.4. The Bertz CT molecular complexity index is 700. The molecule has 2 rings (SSSR count). The third-order valence-corrected chi connectivity index (χ3v) is 3.20. The molecular weight excluding hydrogens is 258 g/mol. The third kappa shape index (κ3) is 2.50. The summed E-state index contributed by atoms with van der Waals surface area (Å²) in [5, 5.41) is 8.87. The van der Waals surface area contributed by atoms with E-state index in [0.29, 0.717) is 11.3 Å². The number of hydrogen-bond donors (Lipinski definition) is 2. The molecule has 3 N–H and O–H groups in total. The zero-order valence-corrected chi connectivity index (χ0v) is 11.4. The van der Waals surface area contributed by atoms with Gasteiger partial charge < -0.3 is 15.4 Å². The second kappa shape index (κ2) is 5.34. The van der Waals surface area contributed by atoms with Crippen LogP contribution in [0, 0.1) is 6.92 Å². The van der Waals surface area contributed by atoms with Gasteiger partial charge in [0.15, 0.2) is 0 Å². The number of aromatic nitrogens is 2. The number of nitrogens with zero attached hydrogens (tertiary/aromatic N) is 2. The molecule has 1 heterocycles. The number of aliphatic carboxylic acids is 1. The van der Waals surface area contributed by atoms with Crippen molar-refractivity contribution in [3.63, 3.8) is 0 Å². The highest BCUT2D eigenvalue weighted by molar-refractivity contribution is 5.68. The van der Waals surface area contributed by atoms with Crippen molar-refractivity contribution in [1.82, 2.24) is 9.13 Å². The maximum absolute atomic E-state index is 12.2. The molecule has 1 unspecified atom stereocenters. The average molecular weight is 275 g/mol. The van der Waals surface area contributed by atoms with Crippen molar-refractivity contribution in [2.24, 2.45) is 12.8 Å². The van der Waals surface area contributed by atoms with Gasteiger partial charge in [0.25, 0.3) is 0 Å². The summed E-state index contributed by atoms with van der Waals surface area (Å²) in [5.41, 5.74) is 7.80. The minimum absolute atomic E-state index is 0.183. The van der Waals surface area contributed by atoms with Crippen LogP contribution in [0.15, 0.2) is 35.3 Å². The summed E-state index contributed by atoms with van der Waals surface area (Å²) in [6, 6.07) is 6.44. The summed E-state index contributed by atoms with van der Waals surface area (Å²) in [7, 11) is 1.67. The number of imidazole rings is 1. The predicted octanol–water partition coefficient (Wildman–Crippen LogP) is 0.959. The van der Waals surface area contributed by atoms with Crippen LogP contribution in [0.3, 0.4) is 0 Å². The highest BCUT2D eigenvalue weighted by atomic mass is 16.4. The van der Waals surface area contributed by atoms with Crippen LogP contribution in [0.5, 0.6) is 0 Å². The number of nitrogens with two attached hydrogens (primary N) is 1. The summed E-state index contributed by atoms with van der Waals surface area (Å²) >= 11 is 0. The van der Waals surface area contributed by atoms with Crippen molar-refractivity contribution in [3.05, 3.63) is 52.2 Å². The van der Waals surface area contributed by atoms with Crippen molar-refractivity contribution in [1.29, 1.82) is 0 Å². The fourth-order valence-corrected chi connectivity index (χ4v) is 2.30. The van der Waals surface area contributed by atoms with Gasteiger partial charge in [0, 0.05) is 25.0 Å². The lowest BCUT2D eigenvalue weighted by Gasteiger charge is -2.15. The lowest BCUT2D eigenvalue weighted by atomic mass is 10.0. The van der Waals surface area contributed by atoms with Gasteiger partial charge in [-0.25, -0.2) is 4.79 Å². The summed E-state index contributed by atoms with van der Waals surface area (Å²) in [6.07, 6.45) is 1.54. The molecule has 0 saturated heterocycles. The van der Waals surface area contributed by atoms with Gasteiger partial charge in [-0.1, -0.05) is 18.2 Å². The van der Waals surface area contributed by atoms with E-state index in [1.807, 2.05) is 6.92 Å². The van der Waals surface area contributed by atoms with E-state index >= 15 is 0 Å². The minimum atomic E-state index is -0.968. The van der Waals surface area contributed by atoms with Crippen LogP contribution < -0.4 is 11.4 Å². The number of aryl methyl sites for hydroxylation is 2. The Kier molecular flexibility index (Phi) is 3.76. The monoisotopic (exact) mass is 275 g/mol. The summed E-state index contributed by atoms with van der Waals surface area (Å²) < 4.78 is 3.02. The fourth-order valence-electron chi connectivity index (χ4n) is 2.30. The number of carboxylic acids is 1. The van der Waals surface area contributed by atoms with Crippen LogP contribution in [-0.2, 0) is 11.8 Å². The van der Waals surface area contributed by atoms with Crippen molar-refractivity contribution >= 4 is 5.97 Å². The molecular formula is C14H17N3O3. The number of benzene rings is 1. The van der Waals surface area contributed by atoms with Crippen LogP contribution in [0.2, 0.25) is 0 Å². The molecule has 0 amide bonds. The van der Waals surface area contributed by atoms with Gasteiger partial charge in [0.2, 0.25) is 0 Å². The van der Waals surface area contributed by atoms with Gasteiger partial charge in [-0.05, 0) is 18.6 Å². The molecule has 0 aliphatic heterocycles. The Balaban J connectivity index is 2.58. The minimum Gasteiger partial charge on any atom is -0.481 e. The van der Waals surface area contributed by atoms with E-state index < -0.39 is 12.0 Å². The second-order valence-corrected chi connectivity index (χ2v) is 4.76. The van der Waals surface area contributed by atoms with Gasteiger partial charge in [-0.3, -0.25) is 9.36 Å². The fraction of sp³-hybridized carbons (Fsp3) is 0.286. The number of rotatable bonds is 4. The SMILES string of the molecule is Cc1cn(C)c(=O)n1-c1ccccc1C(N)CC(=O)O. The molecule has 0 aliphatic carbocycles. The molecule has 1 atom stereocenters. The number of hydrogen-bond acceptors (Lipinski definition) is 3. The van der Waals surface area contributed by atoms with Crippen molar-refractivity contribution in [2.75, 3.05) is 0 Å². The molecule has 1 aromatic carbocycles. The largest absolute Gasteiger partial charge is 0.481 e. The Labute approximate surface area is 116 Å². The highest BCUT2D eigenvalue weighted by Crippen LogP contribution is 2.22. The Morgan fingerprint density at radius 2 is 2.05 bits per heavy atom. The number of carbonyl (C=O) groups is 1. The molecule has 0 aliphatic rings. The van der Waals surface area contributed by atoms with Crippen LogP contribution in [0.4, 0.5) is 0 Å². The molecule has 6 nitrogen and oxygen atoms in total. The van der Waals surface area contributed by atoms with Crippen LogP contribution in [-0.4, -0.2) is 20.2 Å². The van der Waals surface area contributed by atoms with E-state index in [1.54, 1.807) is 37.5 Å². The first kappa shape index (κ1) is 14.1. The second-order valence-electron chi connectivity index (χ2n) is 4.76. The topological polar surface area (TPSA) is 90.3 Å². The maximum Gasteiger partial charge on any atom is 0.332 e. The standard InChI is InChI=1S/C14H17N3O3/c1-9-8-16(2)14(20)17(9)12-6-4-3-5-10(12)11(15)7-13(18)19/h3-6,8,11H,7,15H2,1-2H3,(H,18,19). The van der Waals surface area contributed by atoms with Crippen LogP contribution in [0.1, 0.15) is 23.7 Å². The molecule has 20 heavy (non-hydrogen) atoms. The zero-order chi connectivity index (χ0) is 14.9. The molecule has 0 radical (unpaired) electrons. The van der Waals surface area contributed by atoms with Crippen LogP contribution >= 0.6 is 0 Å². The van der Waals surface area contributed by atoms with Gasteiger partial charge in [0.05, 0.1) is 12.1 Å². The first-order valence-electron chi connectivity index (χ1n) is 6.23. The van der Waals surface area contributed by atoms with Crippen molar-refractivity contribution in [3.8, 4) is 5.69 Å². The molecule has 0 spiro atoms. The molecule has 0 saturated carbocycles. The number of para-hydroxylation sites is 1. The van der Waals surface area contributed by atoms with Crippen molar-refractivity contribution in [2.45, 2.75) is 19.4 Å². The summed E-state index contributed by atoms with van der Waals surface area (Å²) in [4.78, 5) is 23.0. The quantitative estimate of drug-likeness (QED) is 0.869. The lowest BCUT2D eigenvalue weighted by Crippen LogP contribution is -2.24. The highest BCUT2D eigenvalue weighted by Gasteiger charge is 2.17. The molecule has 0 fully saturated rings. The first-order chi connectivity index (χ1) is 9.41. The summed E-state index contributed by atoms with van der Waals surface area (Å²) in [5.74, 6) is -0.968. The lowest BCUT2D eigenvalue weighted by molar-refractivity contribution is -0.137. The van der Waals surface area contributed by atoms with Gasteiger partial charge in [-0.2, -0.15) is 0 Å². The van der Waals surface area contributed by atoms with Crippen molar-refractivity contribution < 1.29 is 9.90 Å². The molecule has 0 bridgehead atoms. The van der Waals surface area contributed by atoms with Crippen LogP contribution in [0.25, 0.3) is 5.69 Å². The molecule has 6 heteroatoms. The van der Waals surface area contributed by atoms with E-state index in [9.17, 15) is 9.59 Å². The van der Waals surface area contributed by atoms with E-state index in [2.05, 4.69) is 0 Å². The third-order valence-electron chi connectivity index (χ3n) is 3.20. The number of carboxylic acid groups (broad SMARTS) is 1. The van der Waals surface area contributed by atoms with Gasteiger partial charge >= 0.3 is 11.7 Å². The molecule has 2 aromatic rings. The van der Waals surface area contributed by atoms with E-state index in [4.69, 9.17) is 10.8 Å². The van der Waals surface area contributed by atoms with Gasteiger partial charge in [0.1, 0.15) is 0 Å². The van der Waals surface area contributed by atoms with E-state index in [0.717, 1.165) is 5.69 Å². The maximum atomic E-state index is 12.2. The normalized spacial score (nSPS) is 12.3. The molecule has 1 aromatic heterocycles. The smallest absolute Gasteiger partial charge is 0.332 e.